The summed E-state index contributed by atoms with van der Waals surface area (Å²) < 4.78 is 9.07. The van der Waals surface area contributed by atoms with Gasteiger partial charge in [0.2, 0.25) is 5.91 Å². The standard InChI is InChI=1S/C27H31ClN4O4/c1-17-24(26(35)32(31(17)4)19-8-6-5-7-9-19)30-23(33)15-27(2,3)16-29-25(34)21-14-18(28)10-13-22(21)36-20-11-12-20/h5-10,13-14,20H,11-12,15-16H2,1-4H3,(H,29,34)(H,30,33). The number of anilines is 1. The summed E-state index contributed by atoms with van der Waals surface area (Å²) in [6, 6.07) is 14.2. The van der Waals surface area contributed by atoms with Gasteiger partial charge >= 0.3 is 0 Å². The predicted molar refractivity (Wildman–Crippen MR) is 140 cm³/mol. The number of halogens is 1. The van der Waals surface area contributed by atoms with Gasteiger partial charge in [-0.3, -0.25) is 19.1 Å². The number of para-hydroxylation sites is 1. The van der Waals surface area contributed by atoms with Gasteiger partial charge < -0.3 is 15.4 Å². The minimum absolute atomic E-state index is 0.105. The number of rotatable bonds is 9. The molecule has 0 atom stereocenters. The van der Waals surface area contributed by atoms with Gasteiger partial charge in [0.15, 0.2) is 0 Å². The van der Waals surface area contributed by atoms with Crippen LogP contribution in [0.2, 0.25) is 5.02 Å². The average molecular weight is 511 g/mol. The lowest BCUT2D eigenvalue weighted by atomic mass is 9.88. The molecule has 190 valence electrons. The Bertz CT molecular complexity index is 1340. The molecule has 4 rings (SSSR count). The van der Waals surface area contributed by atoms with Crippen LogP contribution in [0.1, 0.15) is 49.2 Å². The second-order valence-corrected chi connectivity index (χ2v) is 10.4. The molecular weight excluding hydrogens is 480 g/mol. The Labute approximate surface area is 215 Å². The zero-order valence-electron chi connectivity index (χ0n) is 20.9. The molecule has 36 heavy (non-hydrogen) atoms. The summed E-state index contributed by atoms with van der Waals surface area (Å²) in [5, 5.41) is 6.13. The second kappa shape index (κ2) is 10.2. The van der Waals surface area contributed by atoms with Crippen molar-refractivity contribution in [2.45, 2.75) is 46.1 Å². The summed E-state index contributed by atoms with van der Waals surface area (Å²) in [6.07, 6.45) is 2.20. The van der Waals surface area contributed by atoms with Crippen LogP contribution in [0.4, 0.5) is 5.69 Å². The Hall–Kier alpha value is -3.52. The molecule has 2 N–H and O–H groups in total. The highest BCUT2D eigenvalue weighted by molar-refractivity contribution is 6.31. The monoisotopic (exact) mass is 510 g/mol. The average Bonchev–Trinajstić information content (AvgIpc) is 3.63. The largest absolute Gasteiger partial charge is 0.490 e. The van der Waals surface area contributed by atoms with E-state index < -0.39 is 5.41 Å². The number of hydrogen-bond donors (Lipinski definition) is 2. The fourth-order valence-corrected chi connectivity index (χ4v) is 4.13. The first kappa shape index (κ1) is 25.6. The van der Waals surface area contributed by atoms with Crippen molar-refractivity contribution in [3.05, 3.63) is 75.2 Å². The van der Waals surface area contributed by atoms with Crippen LogP contribution >= 0.6 is 11.6 Å². The first-order chi connectivity index (χ1) is 17.1. The molecule has 8 nitrogen and oxygen atoms in total. The van der Waals surface area contributed by atoms with Crippen molar-refractivity contribution in [3.8, 4) is 11.4 Å². The smallest absolute Gasteiger partial charge is 0.295 e. The van der Waals surface area contributed by atoms with Gasteiger partial charge in [-0.05, 0) is 55.5 Å². The first-order valence-electron chi connectivity index (χ1n) is 11.9. The number of hydrogen-bond acceptors (Lipinski definition) is 4. The molecule has 1 aliphatic rings. The first-order valence-corrected chi connectivity index (χ1v) is 12.3. The SMILES string of the molecule is Cc1c(NC(=O)CC(C)(C)CNC(=O)c2cc(Cl)ccc2OC2CC2)c(=O)n(-c2ccccc2)n1C. The maximum Gasteiger partial charge on any atom is 0.295 e. The molecule has 0 aliphatic heterocycles. The molecule has 0 radical (unpaired) electrons. The quantitative estimate of drug-likeness (QED) is 0.444. The van der Waals surface area contributed by atoms with E-state index in [1.165, 1.54) is 4.68 Å². The molecule has 1 fully saturated rings. The lowest BCUT2D eigenvalue weighted by Gasteiger charge is -2.24. The normalized spacial score (nSPS) is 13.4. The number of carbonyl (C=O) groups is 2. The molecule has 3 aromatic rings. The molecule has 1 aromatic heterocycles. The maximum absolute atomic E-state index is 13.1. The van der Waals surface area contributed by atoms with E-state index in [0.29, 0.717) is 27.7 Å². The summed E-state index contributed by atoms with van der Waals surface area (Å²) in [4.78, 5) is 38.9. The van der Waals surface area contributed by atoms with Crippen molar-refractivity contribution >= 4 is 29.1 Å². The van der Waals surface area contributed by atoms with E-state index in [9.17, 15) is 14.4 Å². The lowest BCUT2D eigenvalue weighted by Crippen LogP contribution is -2.37. The van der Waals surface area contributed by atoms with Gasteiger partial charge in [0.1, 0.15) is 11.4 Å². The van der Waals surface area contributed by atoms with Crippen LogP contribution in [0.5, 0.6) is 5.75 Å². The van der Waals surface area contributed by atoms with Crippen molar-refractivity contribution in [3.63, 3.8) is 0 Å². The number of ether oxygens (including phenoxy) is 1. The fourth-order valence-electron chi connectivity index (χ4n) is 3.96. The van der Waals surface area contributed by atoms with Crippen LogP contribution in [0, 0.1) is 12.3 Å². The highest BCUT2D eigenvalue weighted by Gasteiger charge is 2.28. The van der Waals surface area contributed by atoms with Crippen molar-refractivity contribution < 1.29 is 14.3 Å². The summed E-state index contributed by atoms with van der Waals surface area (Å²) in [5.74, 6) is -0.115. The number of benzene rings is 2. The minimum atomic E-state index is -0.572. The Morgan fingerprint density at radius 1 is 1.14 bits per heavy atom. The third kappa shape index (κ3) is 5.82. The van der Waals surface area contributed by atoms with Gasteiger partial charge in [-0.2, -0.15) is 0 Å². The minimum Gasteiger partial charge on any atom is -0.490 e. The van der Waals surface area contributed by atoms with Crippen LogP contribution in [0.15, 0.2) is 53.3 Å². The second-order valence-electron chi connectivity index (χ2n) is 9.97. The topological polar surface area (TPSA) is 94.4 Å². The van der Waals surface area contributed by atoms with Gasteiger partial charge in [0.25, 0.3) is 11.5 Å². The van der Waals surface area contributed by atoms with Gasteiger partial charge in [0.05, 0.1) is 23.0 Å². The van der Waals surface area contributed by atoms with Crippen LogP contribution in [0.3, 0.4) is 0 Å². The van der Waals surface area contributed by atoms with E-state index in [-0.39, 0.29) is 42.1 Å². The van der Waals surface area contributed by atoms with Gasteiger partial charge in [0, 0.05) is 25.0 Å². The van der Waals surface area contributed by atoms with Crippen molar-refractivity contribution in [2.24, 2.45) is 12.5 Å². The third-order valence-corrected chi connectivity index (χ3v) is 6.42. The highest BCUT2D eigenvalue weighted by Crippen LogP contribution is 2.31. The Balaban J connectivity index is 1.41. The Morgan fingerprint density at radius 2 is 1.83 bits per heavy atom. The molecule has 0 bridgehead atoms. The van der Waals surface area contributed by atoms with Crippen molar-refractivity contribution in [1.82, 2.24) is 14.7 Å². The van der Waals surface area contributed by atoms with Gasteiger partial charge in [-0.25, -0.2) is 4.68 Å². The van der Waals surface area contributed by atoms with Gasteiger partial charge in [-0.1, -0.05) is 43.6 Å². The Morgan fingerprint density at radius 3 is 2.50 bits per heavy atom. The predicted octanol–water partition coefficient (Wildman–Crippen LogP) is 4.46. The van der Waals surface area contributed by atoms with Crippen LogP contribution < -0.4 is 20.9 Å². The summed E-state index contributed by atoms with van der Waals surface area (Å²) in [5.41, 5.74) is 1.10. The lowest BCUT2D eigenvalue weighted by molar-refractivity contribution is -0.118. The van der Waals surface area contributed by atoms with Gasteiger partial charge in [-0.15, -0.1) is 0 Å². The van der Waals surface area contributed by atoms with E-state index in [0.717, 1.165) is 12.8 Å². The zero-order valence-corrected chi connectivity index (χ0v) is 21.7. The molecule has 1 saturated carbocycles. The van der Waals surface area contributed by atoms with Crippen LogP contribution in [0.25, 0.3) is 5.69 Å². The number of amides is 2. The summed E-state index contributed by atoms with van der Waals surface area (Å²) in [7, 11) is 1.77. The van der Waals surface area contributed by atoms with Crippen LogP contribution in [-0.4, -0.2) is 33.8 Å². The summed E-state index contributed by atoms with van der Waals surface area (Å²) >= 11 is 6.11. The molecule has 0 saturated heterocycles. The van der Waals surface area contributed by atoms with Crippen LogP contribution in [-0.2, 0) is 11.8 Å². The molecule has 2 aromatic carbocycles. The summed E-state index contributed by atoms with van der Waals surface area (Å²) in [6.45, 7) is 5.80. The van der Waals surface area contributed by atoms with E-state index in [1.807, 2.05) is 44.2 Å². The number of nitrogens with zero attached hydrogens (tertiary/aromatic N) is 2. The molecule has 1 aliphatic carbocycles. The van der Waals surface area contributed by atoms with Crippen molar-refractivity contribution in [2.75, 3.05) is 11.9 Å². The number of aromatic nitrogens is 2. The molecule has 1 heterocycles. The van der Waals surface area contributed by atoms with E-state index in [1.54, 1.807) is 36.9 Å². The maximum atomic E-state index is 13.1. The zero-order chi connectivity index (χ0) is 26.0. The Kier molecular flexibility index (Phi) is 7.26. The molecule has 0 spiro atoms. The molecule has 2 amide bonds. The number of carbonyl (C=O) groups excluding carboxylic acids is 2. The fraction of sp³-hybridized carbons (Fsp3) is 0.370. The highest BCUT2D eigenvalue weighted by atomic mass is 35.5. The molecule has 0 unspecified atom stereocenters. The number of nitrogens with one attached hydrogen (secondary N) is 2. The van der Waals surface area contributed by atoms with E-state index in [2.05, 4.69) is 10.6 Å². The van der Waals surface area contributed by atoms with E-state index >= 15 is 0 Å². The van der Waals surface area contributed by atoms with E-state index in [4.69, 9.17) is 16.3 Å². The molecular formula is C27H31ClN4O4. The van der Waals surface area contributed by atoms with Crippen molar-refractivity contribution in [1.29, 1.82) is 0 Å². The molecule has 9 heteroatoms. The third-order valence-electron chi connectivity index (χ3n) is 6.19.